The number of carbonyl (C=O) groups excluding carboxylic acids is 1. The predicted octanol–water partition coefficient (Wildman–Crippen LogP) is 1.61. The Balaban J connectivity index is 2.54. The number of anilines is 1. The number of aromatic hydroxyl groups is 1. The van der Waals surface area contributed by atoms with Gasteiger partial charge in [0, 0.05) is 31.6 Å². The second-order valence-electron chi connectivity index (χ2n) is 3.72. The fraction of sp³-hybridized carbons (Fsp3) is 0.333. The lowest BCUT2D eigenvalue weighted by atomic mass is 10.2. The summed E-state index contributed by atoms with van der Waals surface area (Å²) in [6.07, 6.45) is 0.482. The van der Waals surface area contributed by atoms with Gasteiger partial charge < -0.3 is 15.1 Å². The maximum Gasteiger partial charge on any atom is 0.303 e. The number of carboxylic acids is 1. The van der Waals surface area contributed by atoms with Crippen LogP contribution < -0.4 is 4.90 Å². The average Bonchev–Trinajstić information content (AvgIpc) is 2.27. The van der Waals surface area contributed by atoms with Gasteiger partial charge in [0.25, 0.3) is 0 Å². The number of carboxylic acid groups (broad SMARTS) is 1. The van der Waals surface area contributed by atoms with Gasteiger partial charge in [-0.2, -0.15) is 0 Å². The van der Waals surface area contributed by atoms with Gasteiger partial charge in [0.15, 0.2) is 0 Å². The molecular weight excluding hydrogens is 222 g/mol. The Hall–Kier alpha value is -2.04. The maximum absolute atomic E-state index is 11.7. The minimum atomic E-state index is -0.905. The highest BCUT2D eigenvalue weighted by molar-refractivity contribution is 5.93. The number of phenolic OH excluding ortho intramolecular Hbond substituents is 1. The van der Waals surface area contributed by atoms with Crippen LogP contribution in [0.25, 0.3) is 0 Å². The van der Waals surface area contributed by atoms with Crippen molar-refractivity contribution in [2.75, 3.05) is 11.9 Å². The lowest BCUT2D eigenvalue weighted by Crippen LogP contribution is -2.25. The number of hydrogen-bond donors (Lipinski definition) is 2. The molecule has 0 fully saturated rings. The molecule has 0 atom stereocenters. The lowest BCUT2D eigenvalue weighted by molar-refractivity contribution is -0.137. The second kappa shape index (κ2) is 5.89. The number of aliphatic carboxylic acids is 1. The van der Waals surface area contributed by atoms with Crippen molar-refractivity contribution in [2.24, 2.45) is 0 Å². The predicted molar refractivity (Wildman–Crippen MR) is 63.0 cm³/mol. The van der Waals surface area contributed by atoms with E-state index in [0.717, 1.165) is 0 Å². The van der Waals surface area contributed by atoms with Crippen molar-refractivity contribution in [2.45, 2.75) is 19.3 Å². The number of phenols is 1. The summed E-state index contributed by atoms with van der Waals surface area (Å²) in [5.74, 6) is -0.984. The van der Waals surface area contributed by atoms with Gasteiger partial charge in [-0.15, -0.1) is 0 Å². The Morgan fingerprint density at radius 2 is 2.00 bits per heavy atom. The van der Waals surface area contributed by atoms with E-state index >= 15 is 0 Å². The van der Waals surface area contributed by atoms with Crippen molar-refractivity contribution < 1.29 is 19.8 Å². The van der Waals surface area contributed by atoms with Crippen LogP contribution >= 0.6 is 0 Å². The highest BCUT2D eigenvalue weighted by Crippen LogP contribution is 2.19. The third-order valence-corrected chi connectivity index (χ3v) is 2.37. The zero-order valence-electron chi connectivity index (χ0n) is 9.59. The second-order valence-corrected chi connectivity index (χ2v) is 3.72. The summed E-state index contributed by atoms with van der Waals surface area (Å²) in [5, 5.41) is 17.7. The maximum atomic E-state index is 11.7. The Bertz CT molecular complexity index is 417. The first kappa shape index (κ1) is 13.0. The first-order valence-electron chi connectivity index (χ1n) is 5.28. The number of hydrogen-bond acceptors (Lipinski definition) is 3. The van der Waals surface area contributed by atoms with E-state index in [0.29, 0.717) is 12.1 Å². The highest BCUT2D eigenvalue weighted by atomic mass is 16.4. The van der Waals surface area contributed by atoms with Crippen LogP contribution in [0.15, 0.2) is 24.3 Å². The molecule has 1 amide bonds. The van der Waals surface area contributed by atoms with E-state index in [-0.39, 0.29) is 24.5 Å². The van der Waals surface area contributed by atoms with Gasteiger partial charge in [-0.3, -0.25) is 9.59 Å². The molecule has 1 aromatic carbocycles. The Labute approximate surface area is 99.3 Å². The molecule has 0 heterocycles. The summed E-state index contributed by atoms with van der Waals surface area (Å²) in [4.78, 5) is 23.4. The molecule has 5 heteroatoms. The molecule has 0 aliphatic carbocycles. The molecule has 0 aromatic heterocycles. The Morgan fingerprint density at radius 1 is 1.29 bits per heavy atom. The van der Waals surface area contributed by atoms with Crippen LogP contribution in [0.4, 0.5) is 5.69 Å². The van der Waals surface area contributed by atoms with Crippen LogP contribution in [-0.4, -0.2) is 29.1 Å². The van der Waals surface area contributed by atoms with Crippen molar-refractivity contribution >= 4 is 17.6 Å². The van der Waals surface area contributed by atoms with E-state index in [1.54, 1.807) is 19.2 Å². The lowest BCUT2D eigenvalue weighted by Gasteiger charge is -2.17. The number of amides is 1. The summed E-state index contributed by atoms with van der Waals surface area (Å²) >= 11 is 0. The zero-order chi connectivity index (χ0) is 12.8. The van der Waals surface area contributed by atoms with Gasteiger partial charge >= 0.3 is 5.97 Å². The van der Waals surface area contributed by atoms with Crippen LogP contribution in [0, 0.1) is 0 Å². The molecular formula is C12H15NO4. The third-order valence-electron chi connectivity index (χ3n) is 2.37. The fourth-order valence-corrected chi connectivity index (χ4v) is 1.40. The fourth-order valence-electron chi connectivity index (χ4n) is 1.40. The molecule has 0 unspecified atom stereocenters. The Kier molecular flexibility index (Phi) is 4.51. The van der Waals surface area contributed by atoms with Gasteiger partial charge in [0.2, 0.25) is 5.91 Å². The van der Waals surface area contributed by atoms with Crippen molar-refractivity contribution in [3.63, 3.8) is 0 Å². The van der Waals surface area contributed by atoms with Crippen molar-refractivity contribution in [1.82, 2.24) is 0 Å². The molecule has 5 nitrogen and oxygen atoms in total. The molecule has 0 spiro atoms. The average molecular weight is 237 g/mol. The number of nitrogens with zero attached hydrogens (tertiary/aromatic N) is 1. The quantitative estimate of drug-likeness (QED) is 0.815. The number of benzene rings is 1. The molecule has 17 heavy (non-hydrogen) atoms. The third kappa shape index (κ3) is 4.14. The summed E-state index contributed by atoms with van der Waals surface area (Å²) in [7, 11) is 1.60. The number of rotatable bonds is 5. The van der Waals surface area contributed by atoms with Gasteiger partial charge in [0.05, 0.1) is 0 Å². The summed E-state index contributed by atoms with van der Waals surface area (Å²) < 4.78 is 0. The summed E-state index contributed by atoms with van der Waals surface area (Å²) in [6.45, 7) is 0. The minimum Gasteiger partial charge on any atom is -0.508 e. The Morgan fingerprint density at radius 3 is 2.59 bits per heavy atom. The summed E-state index contributed by atoms with van der Waals surface area (Å²) in [6, 6.07) is 6.35. The molecule has 1 rings (SSSR count). The highest BCUT2D eigenvalue weighted by Gasteiger charge is 2.11. The molecule has 0 saturated heterocycles. The molecule has 0 aliphatic heterocycles. The van der Waals surface area contributed by atoms with E-state index < -0.39 is 5.97 Å². The summed E-state index contributed by atoms with van der Waals surface area (Å²) in [5.41, 5.74) is 0.588. The van der Waals surface area contributed by atoms with Crippen molar-refractivity contribution in [3.05, 3.63) is 24.3 Å². The molecule has 1 aromatic rings. The van der Waals surface area contributed by atoms with Crippen molar-refractivity contribution in [1.29, 1.82) is 0 Å². The SMILES string of the molecule is CN(C(=O)CCCC(=O)O)c1cccc(O)c1. The molecule has 2 N–H and O–H groups in total. The van der Waals surface area contributed by atoms with Gasteiger partial charge in [-0.05, 0) is 18.6 Å². The first-order chi connectivity index (χ1) is 8.00. The molecule has 0 bridgehead atoms. The van der Waals surface area contributed by atoms with Crippen LogP contribution in [-0.2, 0) is 9.59 Å². The molecule has 0 aliphatic rings. The normalized spacial score (nSPS) is 9.94. The van der Waals surface area contributed by atoms with E-state index in [2.05, 4.69) is 0 Å². The van der Waals surface area contributed by atoms with Gasteiger partial charge in [-0.25, -0.2) is 0 Å². The van der Waals surface area contributed by atoms with Gasteiger partial charge in [0.1, 0.15) is 5.75 Å². The number of carbonyl (C=O) groups is 2. The standard InChI is InChI=1S/C12H15NO4/c1-13(9-4-2-5-10(14)8-9)11(15)6-3-7-12(16)17/h2,4-5,8,14H,3,6-7H2,1H3,(H,16,17). The van der Waals surface area contributed by atoms with Crippen LogP contribution in [0.2, 0.25) is 0 Å². The smallest absolute Gasteiger partial charge is 0.303 e. The van der Waals surface area contributed by atoms with E-state index in [4.69, 9.17) is 5.11 Å². The van der Waals surface area contributed by atoms with Crippen molar-refractivity contribution in [3.8, 4) is 5.75 Å². The van der Waals surface area contributed by atoms with Gasteiger partial charge in [-0.1, -0.05) is 6.07 Å². The van der Waals surface area contributed by atoms with E-state index in [1.807, 2.05) is 0 Å². The zero-order valence-corrected chi connectivity index (χ0v) is 9.59. The molecule has 0 saturated carbocycles. The molecule has 92 valence electrons. The van der Waals surface area contributed by atoms with E-state index in [1.165, 1.54) is 17.0 Å². The van der Waals surface area contributed by atoms with Crippen LogP contribution in [0.3, 0.4) is 0 Å². The van der Waals surface area contributed by atoms with E-state index in [9.17, 15) is 14.7 Å². The van der Waals surface area contributed by atoms with Crippen LogP contribution in [0.5, 0.6) is 5.75 Å². The topological polar surface area (TPSA) is 77.8 Å². The monoisotopic (exact) mass is 237 g/mol. The first-order valence-corrected chi connectivity index (χ1v) is 5.28. The largest absolute Gasteiger partial charge is 0.508 e. The molecule has 0 radical (unpaired) electrons. The minimum absolute atomic E-state index is 0.0143. The van der Waals surface area contributed by atoms with Crippen LogP contribution in [0.1, 0.15) is 19.3 Å².